The molecule has 0 spiro atoms. The molecule has 0 radical (unpaired) electrons. The zero-order chi connectivity index (χ0) is 21.5. The number of carbonyl (C=O) groups is 1. The molecule has 2 N–H and O–H groups in total. The summed E-state index contributed by atoms with van der Waals surface area (Å²) < 4.78 is 5.31. The van der Waals surface area contributed by atoms with E-state index in [1.54, 1.807) is 19.2 Å². The Bertz CT molecular complexity index is 1050. The Hall–Kier alpha value is -3.87. The Morgan fingerprint density at radius 3 is 2.47 bits per heavy atom. The fourth-order valence-electron chi connectivity index (χ4n) is 3.04. The van der Waals surface area contributed by atoms with Crippen LogP contribution in [0.1, 0.15) is 28.4 Å². The maximum atomic E-state index is 12.5. The number of nitro benzene ring substituents is 1. The summed E-state index contributed by atoms with van der Waals surface area (Å²) in [6.07, 6.45) is 0.906. The van der Waals surface area contributed by atoms with Crippen LogP contribution in [-0.2, 0) is 13.0 Å². The van der Waals surface area contributed by atoms with E-state index in [1.165, 1.54) is 6.07 Å². The van der Waals surface area contributed by atoms with Crippen LogP contribution in [-0.4, -0.2) is 17.9 Å². The molecule has 0 heterocycles. The number of ether oxygens (including phenoxy) is 1. The fourth-order valence-corrected chi connectivity index (χ4v) is 3.04. The first-order valence-corrected chi connectivity index (χ1v) is 9.56. The second-order valence-electron chi connectivity index (χ2n) is 6.66. The summed E-state index contributed by atoms with van der Waals surface area (Å²) >= 11 is 0. The molecule has 0 aromatic heterocycles. The zero-order valence-corrected chi connectivity index (χ0v) is 16.8. The minimum atomic E-state index is -0.503. The van der Waals surface area contributed by atoms with Crippen molar-refractivity contribution in [2.45, 2.75) is 19.9 Å². The van der Waals surface area contributed by atoms with E-state index < -0.39 is 10.8 Å². The molecule has 7 nitrogen and oxygen atoms in total. The summed E-state index contributed by atoms with van der Waals surface area (Å²) in [5.74, 6) is 0.288. The van der Waals surface area contributed by atoms with Crippen molar-refractivity contribution in [2.75, 3.05) is 17.7 Å². The number of hydrogen-bond acceptors (Lipinski definition) is 5. The predicted octanol–water partition coefficient (Wildman–Crippen LogP) is 5.03. The molecule has 154 valence electrons. The van der Waals surface area contributed by atoms with Crippen LogP contribution in [0.4, 0.5) is 17.1 Å². The number of anilines is 2. The summed E-state index contributed by atoms with van der Waals surface area (Å²) in [7, 11) is 1.57. The summed E-state index contributed by atoms with van der Waals surface area (Å²) in [5.41, 5.74) is 3.04. The topological polar surface area (TPSA) is 93.5 Å². The molecule has 0 aliphatic carbocycles. The van der Waals surface area contributed by atoms with E-state index in [0.717, 1.165) is 17.5 Å². The van der Waals surface area contributed by atoms with Gasteiger partial charge in [-0.05, 0) is 42.3 Å². The fraction of sp³-hybridized carbons (Fsp3) is 0.174. The molecule has 1 amide bonds. The first-order valence-electron chi connectivity index (χ1n) is 9.56. The minimum absolute atomic E-state index is 0.168. The Kier molecular flexibility index (Phi) is 6.64. The monoisotopic (exact) mass is 405 g/mol. The molecule has 7 heteroatoms. The van der Waals surface area contributed by atoms with Crippen molar-refractivity contribution in [3.8, 4) is 5.75 Å². The van der Waals surface area contributed by atoms with Gasteiger partial charge in [0, 0.05) is 29.4 Å². The highest BCUT2D eigenvalue weighted by Gasteiger charge is 2.18. The number of nitro groups is 1. The van der Waals surface area contributed by atoms with Crippen molar-refractivity contribution in [3.63, 3.8) is 0 Å². The largest absolute Gasteiger partial charge is 0.496 e. The third-order valence-electron chi connectivity index (χ3n) is 4.74. The molecular weight excluding hydrogens is 382 g/mol. The lowest BCUT2D eigenvalue weighted by Crippen LogP contribution is -2.13. The lowest BCUT2D eigenvalue weighted by atomic mass is 10.1. The van der Waals surface area contributed by atoms with E-state index >= 15 is 0 Å². The van der Waals surface area contributed by atoms with Gasteiger partial charge in [0.25, 0.3) is 11.6 Å². The van der Waals surface area contributed by atoms with E-state index in [4.69, 9.17) is 4.74 Å². The van der Waals surface area contributed by atoms with Gasteiger partial charge >= 0.3 is 0 Å². The molecule has 0 fully saturated rings. The molecule has 30 heavy (non-hydrogen) atoms. The van der Waals surface area contributed by atoms with Crippen LogP contribution < -0.4 is 15.4 Å². The second-order valence-corrected chi connectivity index (χ2v) is 6.66. The molecule has 3 aromatic rings. The van der Waals surface area contributed by atoms with E-state index in [1.807, 2.05) is 48.5 Å². The van der Waals surface area contributed by atoms with Crippen LogP contribution in [0.2, 0.25) is 0 Å². The van der Waals surface area contributed by atoms with Crippen LogP contribution in [0.5, 0.6) is 5.75 Å². The molecule has 3 rings (SSSR count). The van der Waals surface area contributed by atoms with Crippen LogP contribution in [0, 0.1) is 10.1 Å². The van der Waals surface area contributed by atoms with Gasteiger partial charge in [0.1, 0.15) is 11.4 Å². The number of carbonyl (C=O) groups excluding carboxylic acids is 1. The third kappa shape index (κ3) is 4.94. The quantitative estimate of drug-likeness (QED) is 0.405. The van der Waals surface area contributed by atoms with Gasteiger partial charge in [0.05, 0.1) is 12.0 Å². The molecule has 0 aliphatic heterocycles. The number of methoxy groups -OCH3 is 1. The number of aryl methyl sites for hydroxylation is 1. The average molecular weight is 405 g/mol. The summed E-state index contributed by atoms with van der Waals surface area (Å²) in [4.78, 5) is 23.6. The van der Waals surface area contributed by atoms with Crippen molar-refractivity contribution in [1.29, 1.82) is 0 Å². The summed E-state index contributed by atoms with van der Waals surface area (Å²) in [6, 6.07) is 19.3. The second kappa shape index (κ2) is 9.56. The number of nitrogens with zero attached hydrogens (tertiary/aromatic N) is 1. The Labute approximate surface area is 174 Å². The van der Waals surface area contributed by atoms with Crippen molar-refractivity contribution < 1.29 is 14.5 Å². The smallest absolute Gasteiger partial charge is 0.293 e. The molecule has 0 bridgehead atoms. The van der Waals surface area contributed by atoms with Gasteiger partial charge in [-0.2, -0.15) is 0 Å². The van der Waals surface area contributed by atoms with Crippen molar-refractivity contribution in [3.05, 3.63) is 93.5 Å². The first-order chi connectivity index (χ1) is 14.5. The van der Waals surface area contributed by atoms with Gasteiger partial charge in [-0.15, -0.1) is 0 Å². The number of amides is 1. The van der Waals surface area contributed by atoms with Crippen molar-refractivity contribution in [2.24, 2.45) is 0 Å². The van der Waals surface area contributed by atoms with Gasteiger partial charge in [-0.3, -0.25) is 14.9 Å². The summed E-state index contributed by atoms with van der Waals surface area (Å²) in [5, 5.41) is 17.4. The Balaban J connectivity index is 1.77. The van der Waals surface area contributed by atoms with Crippen LogP contribution in [0.3, 0.4) is 0 Å². The molecule has 0 saturated carbocycles. The maximum absolute atomic E-state index is 12.5. The van der Waals surface area contributed by atoms with Gasteiger partial charge < -0.3 is 15.4 Å². The highest BCUT2D eigenvalue weighted by molar-refractivity contribution is 6.05. The van der Waals surface area contributed by atoms with E-state index in [0.29, 0.717) is 23.7 Å². The summed E-state index contributed by atoms with van der Waals surface area (Å²) in [6.45, 7) is 2.40. The lowest BCUT2D eigenvalue weighted by Gasteiger charge is -2.12. The minimum Gasteiger partial charge on any atom is -0.496 e. The van der Waals surface area contributed by atoms with E-state index in [2.05, 4.69) is 17.6 Å². The molecular formula is C23H23N3O4. The number of hydrogen-bond donors (Lipinski definition) is 2. The van der Waals surface area contributed by atoms with Crippen LogP contribution in [0.25, 0.3) is 0 Å². The Morgan fingerprint density at radius 1 is 1.07 bits per heavy atom. The standard InChI is InChI=1S/C23H23N3O4/c1-3-16-8-11-19(12-9-16)25-23(27)17-10-13-20(21(14-17)26(28)29)24-15-18-6-4-5-7-22(18)30-2/h4-14,24H,3,15H2,1-2H3,(H,25,27). The Morgan fingerprint density at radius 2 is 1.80 bits per heavy atom. The molecule has 3 aromatic carbocycles. The molecule has 0 aliphatic rings. The maximum Gasteiger partial charge on any atom is 0.293 e. The van der Waals surface area contributed by atoms with Crippen molar-refractivity contribution in [1.82, 2.24) is 0 Å². The van der Waals surface area contributed by atoms with Crippen LogP contribution >= 0.6 is 0 Å². The normalized spacial score (nSPS) is 10.3. The highest BCUT2D eigenvalue weighted by Crippen LogP contribution is 2.28. The average Bonchev–Trinajstić information content (AvgIpc) is 2.78. The lowest BCUT2D eigenvalue weighted by molar-refractivity contribution is -0.384. The number of benzene rings is 3. The van der Waals surface area contributed by atoms with Gasteiger partial charge in [-0.1, -0.05) is 37.3 Å². The molecule has 0 saturated heterocycles. The highest BCUT2D eigenvalue weighted by atomic mass is 16.6. The molecule has 0 atom stereocenters. The zero-order valence-electron chi connectivity index (χ0n) is 16.8. The SMILES string of the molecule is CCc1ccc(NC(=O)c2ccc(NCc3ccccc3OC)c([N+](=O)[O-])c2)cc1. The van der Waals surface area contributed by atoms with Crippen molar-refractivity contribution >= 4 is 23.0 Å². The van der Waals surface area contributed by atoms with Gasteiger partial charge in [0.2, 0.25) is 0 Å². The number of rotatable bonds is 8. The van der Waals surface area contributed by atoms with E-state index in [-0.39, 0.29) is 11.3 Å². The van der Waals surface area contributed by atoms with E-state index in [9.17, 15) is 14.9 Å². The third-order valence-corrected chi connectivity index (χ3v) is 4.74. The first kappa shape index (κ1) is 20.9. The number of nitrogens with one attached hydrogen (secondary N) is 2. The van der Waals surface area contributed by atoms with Gasteiger partial charge in [-0.25, -0.2) is 0 Å². The van der Waals surface area contributed by atoms with Crippen LogP contribution in [0.15, 0.2) is 66.7 Å². The predicted molar refractivity (Wildman–Crippen MR) is 117 cm³/mol. The van der Waals surface area contributed by atoms with Gasteiger partial charge in [0.15, 0.2) is 0 Å². The number of para-hydroxylation sites is 1. The molecule has 0 unspecified atom stereocenters.